The van der Waals surface area contributed by atoms with Crippen molar-refractivity contribution in [3.8, 4) is 5.88 Å². The van der Waals surface area contributed by atoms with Crippen LogP contribution < -0.4 is 4.74 Å². The third kappa shape index (κ3) is 2.71. The van der Waals surface area contributed by atoms with E-state index >= 15 is 0 Å². The van der Waals surface area contributed by atoms with Gasteiger partial charge in [0.05, 0.1) is 19.4 Å². The number of aryl methyl sites for hydroxylation is 1. The molecule has 0 spiro atoms. The molecule has 0 bridgehead atoms. The highest BCUT2D eigenvalue weighted by molar-refractivity contribution is 6.36. The zero-order valence-corrected chi connectivity index (χ0v) is 12.2. The first kappa shape index (κ1) is 14.2. The molecule has 1 N–H and O–H groups in total. The van der Waals surface area contributed by atoms with Gasteiger partial charge in [-0.1, -0.05) is 29.3 Å². The summed E-state index contributed by atoms with van der Waals surface area (Å²) in [7, 11) is 3.30. The van der Waals surface area contributed by atoms with E-state index in [4.69, 9.17) is 27.9 Å². The van der Waals surface area contributed by atoms with E-state index in [2.05, 4.69) is 5.10 Å². The van der Waals surface area contributed by atoms with Crippen LogP contribution in [0.2, 0.25) is 10.0 Å². The Morgan fingerprint density at radius 1 is 1.26 bits per heavy atom. The first-order valence-corrected chi connectivity index (χ1v) is 6.46. The van der Waals surface area contributed by atoms with Crippen LogP contribution in [-0.4, -0.2) is 22.0 Å². The molecular formula is C13H14Cl2N2O2. The minimum absolute atomic E-state index is 0.121. The fourth-order valence-corrected chi connectivity index (χ4v) is 2.52. The zero-order chi connectivity index (χ0) is 14.0. The summed E-state index contributed by atoms with van der Waals surface area (Å²) in [5.41, 5.74) is 2.28. The predicted molar refractivity (Wildman–Crippen MR) is 75.0 cm³/mol. The van der Waals surface area contributed by atoms with Gasteiger partial charge in [-0.05, 0) is 17.7 Å². The first-order chi connectivity index (χ1) is 9.08. The van der Waals surface area contributed by atoms with E-state index in [0.29, 0.717) is 28.0 Å². The Balaban J connectivity index is 2.48. The van der Waals surface area contributed by atoms with E-state index in [9.17, 15) is 5.11 Å². The average Bonchev–Trinajstić information content (AvgIpc) is 2.69. The molecular weight excluding hydrogens is 287 g/mol. The van der Waals surface area contributed by atoms with Gasteiger partial charge in [0.1, 0.15) is 0 Å². The largest absolute Gasteiger partial charge is 0.480 e. The van der Waals surface area contributed by atoms with Gasteiger partial charge >= 0.3 is 0 Å². The summed E-state index contributed by atoms with van der Waals surface area (Å²) in [6.07, 6.45) is 0.464. The third-order valence-electron chi connectivity index (χ3n) is 3.00. The summed E-state index contributed by atoms with van der Waals surface area (Å²) in [5.74, 6) is 0.475. The second kappa shape index (κ2) is 5.82. The number of methoxy groups -OCH3 is 1. The number of aliphatic hydroxyl groups is 1. The summed E-state index contributed by atoms with van der Waals surface area (Å²) < 4.78 is 6.83. The lowest BCUT2D eigenvalue weighted by molar-refractivity contribution is 0.269. The smallest absolute Gasteiger partial charge is 0.236 e. The zero-order valence-electron chi connectivity index (χ0n) is 10.7. The number of aliphatic hydroxyl groups excluding tert-OH is 1. The predicted octanol–water partition coefficient (Wildman–Crippen LogP) is 2.82. The van der Waals surface area contributed by atoms with Crippen molar-refractivity contribution in [3.05, 3.63) is 45.1 Å². The lowest BCUT2D eigenvalue weighted by atomic mass is 10.0. The van der Waals surface area contributed by atoms with Crippen LogP contribution in [-0.2, 0) is 20.1 Å². The third-order valence-corrected chi connectivity index (χ3v) is 3.70. The molecule has 1 aromatic heterocycles. The summed E-state index contributed by atoms with van der Waals surface area (Å²) in [6.45, 7) is -0.121. The Hall–Kier alpha value is -1.23. The van der Waals surface area contributed by atoms with Crippen molar-refractivity contribution in [1.82, 2.24) is 9.78 Å². The van der Waals surface area contributed by atoms with E-state index < -0.39 is 0 Å². The molecule has 0 atom stereocenters. The monoisotopic (exact) mass is 300 g/mol. The van der Waals surface area contributed by atoms with E-state index in [-0.39, 0.29) is 6.61 Å². The normalized spacial score (nSPS) is 10.8. The Morgan fingerprint density at radius 2 is 1.89 bits per heavy atom. The van der Waals surface area contributed by atoms with Gasteiger partial charge in [0.25, 0.3) is 0 Å². The van der Waals surface area contributed by atoms with Gasteiger partial charge in [0.2, 0.25) is 5.88 Å². The Bertz CT molecular complexity index is 576. The topological polar surface area (TPSA) is 47.3 Å². The lowest BCUT2D eigenvalue weighted by Gasteiger charge is -2.08. The van der Waals surface area contributed by atoms with Crippen LogP contribution in [0.25, 0.3) is 0 Å². The molecule has 6 heteroatoms. The van der Waals surface area contributed by atoms with Crippen LogP contribution in [0.5, 0.6) is 5.88 Å². The van der Waals surface area contributed by atoms with E-state index in [1.807, 2.05) is 0 Å². The molecule has 0 aliphatic heterocycles. The molecule has 0 saturated heterocycles. The van der Waals surface area contributed by atoms with Crippen LogP contribution >= 0.6 is 23.2 Å². The van der Waals surface area contributed by atoms with Crippen molar-refractivity contribution in [2.45, 2.75) is 13.0 Å². The highest BCUT2D eigenvalue weighted by Crippen LogP contribution is 2.31. The van der Waals surface area contributed by atoms with Crippen LogP contribution in [0.1, 0.15) is 16.8 Å². The molecule has 0 aliphatic rings. The fourth-order valence-electron chi connectivity index (χ4n) is 1.99. The number of hydrogen-bond acceptors (Lipinski definition) is 3. The number of benzene rings is 1. The van der Waals surface area contributed by atoms with Crippen molar-refractivity contribution >= 4 is 23.2 Å². The van der Waals surface area contributed by atoms with Crippen molar-refractivity contribution in [2.24, 2.45) is 7.05 Å². The molecule has 4 nitrogen and oxygen atoms in total. The average molecular weight is 301 g/mol. The van der Waals surface area contributed by atoms with Crippen LogP contribution in [0.4, 0.5) is 0 Å². The van der Waals surface area contributed by atoms with Crippen LogP contribution in [0.3, 0.4) is 0 Å². The van der Waals surface area contributed by atoms with Gasteiger partial charge in [-0.2, -0.15) is 0 Å². The fraction of sp³-hybridized carbons (Fsp3) is 0.308. The summed E-state index contributed by atoms with van der Waals surface area (Å²) in [5, 5.41) is 14.8. The van der Waals surface area contributed by atoms with Gasteiger partial charge in [-0.25, -0.2) is 0 Å². The SMILES string of the molecule is COc1nn(C)c(CO)c1Cc1c(Cl)cccc1Cl. The maximum atomic E-state index is 9.44. The highest BCUT2D eigenvalue weighted by atomic mass is 35.5. The molecule has 0 aliphatic carbocycles. The van der Waals surface area contributed by atoms with Crippen LogP contribution in [0.15, 0.2) is 18.2 Å². The lowest BCUT2D eigenvalue weighted by Crippen LogP contribution is -2.01. The Labute approximate surface area is 121 Å². The molecule has 2 aromatic rings. The number of nitrogens with zero attached hydrogens (tertiary/aromatic N) is 2. The molecule has 1 aromatic carbocycles. The molecule has 0 radical (unpaired) electrons. The Kier molecular flexibility index (Phi) is 4.34. The first-order valence-electron chi connectivity index (χ1n) is 5.71. The summed E-state index contributed by atoms with van der Waals surface area (Å²) in [4.78, 5) is 0. The molecule has 0 saturated carbocycles. The molecule has 0 fully saturated rings. The van der Waals surface area contributed by atoms with Gasteiger partial charge in [-0.3, -0.25) is 4.68 Å². The maximum absolute atomic E-state index is 9.44. The highest BCUT2D eigenvalue weighted by Gasteiger charge is 2.18. The standard InChI is InChI=1S/C13H14Cl2N2O2/c1-17-12(7-18)9(13(16-17)19-2)6-8-10(14)4-3-5-11(8)15/h3-5,18H,6-7H2,1-2H3. The van der Waals surface area contributed by atoms with E-state index in [0.717, 1.165) is 11.1 Å². The second-order valence-electron chi connectivity index (χ2n) is 4.09. The number of hydrogen-bond donors (Lipinski definition) is 1. The van der Waals surface area contributed by atoms with Crippen molar-refractivity contribution < 1.29 is 9.84 Å². The minimum Gasteiger partial charge on any atom is -0.480 e. The molecule has 1 heterocycles. The molecule has 0 amide bonds. The number of ether oxygens (including phenoxy) is 1. The Morgan fingerprint density at radius 3 is 2.42 bits per heavy atom. The van der Waals surface area contributed by atoms with Gasteiger partial charge in [0.15, 0.2) is 0 Å². The van der Waals surface area contributed by atoms with Crippen LogP contribution in [0, 0.1) is 0 Å². The molecule has 102 valence electrons. The molecule has 19 heavy (non-hydrogen) atoms. The number of halogens is 2. The maximum Gasteiger partial charge on any atom is 0.236 e. The number of aromatic nitrogens is 2. The van der Waals surface area contributed by atoms with E-state index in [1.54, 1.807) is 37.0 Å². The summed E-state index contributed by atoms with van der Waals surface area (Å²) >= 11 is 12.3. The van der Waals surface area contributed by atoms with Crippen molar-refractivity contribution in [3.63, 3.8) is 0 Å². The van der Waals surface area contributed by atoms with Gasteiger partial charge in [0, 0.05) is 29.1 Å². The van der Waals surface area contributed by atoms with E-state index in [1.165, 1.54) is 0 Å². The van der Waals surface area contributed by atoms with Crippen molar-refractivity contribution in [1.29, 1.82) is 0 Å². The van der Waals surface area contributed by atoms with Gasteiger partial charge < -0.3 is 9.84 Å². The van der Waals surface area contributed by atoms with Gasteiger partial charge in [-0.15, -0.1) is 5.10 Å². The minimum atomic E-state index is -0.121. The summed E-state index contributed by atoms with van der Waals surface area (Å²) in [6, 6.07) is 5.36. The number of rotatable bonds is 4. The molecule has 2 rings (SSSR count). The second-order valence-corrected chi connectivity index (χ2v) is 4.91. The quantitative estimate of drug-likeness (QED) is 0.944. The molecule has 0 unspecified atom stereocenters. The van der Waals surface area contributed by atoms with Crippen molar-refractivity contribution in [2.75, 3.05) is 7.11 Å².